The maximum absolute atomic E-state index is 14.5. The molecule has 4 aliphatic rings. The number of carbonyl (C=O) groups is 2. The fourth-order valence-electron chi connectivity index (χ4n) is 6.82. The molecule has 0 N–H and O–H groups in total. The van der Waals surface area contributed by atoms with Crippen LogP contribution in [0.25, 0.3) is 11.3 Å². The fourth-order valence-corrected chi connectivity index (χ4v) is 6.82. The number of amides is 1. The molecule has 0 unspecified atom stereocenters. The average Bonchev–Trinajstić information content (AvgIpc) is 3.25. The molecule has 1 aromatic carbocycles. The smallest absolute Gasteiger partial charge is 0.272 e. The van der Waals surface area contributed by atoms with Crippen molar-refractivity contribution in [1.29, 1.82) is 0 Å². The molecule has 6 rings (SSSR count). The molecule has 1 aromatic heterocycles. The summed E-state index contributed by atoms with van der Waals surface area (Å²) in [4.78, 5) is 30.5. The van der Waals surface area contributed by atoms with Crippen molar-refractivity contribution in [3.63, 3.8) is 0 Å². The van der Waals surface area contributed by atoms with E-state index in [1.54, 1.807) is 11.0 Å². The third-order valence-corrected chi connectivity index (χ3v) is 8.64. The van der Waals surface area contributed by atoms with Crippen LogP contribution >= 0.6 is 0 Å². The summed E-state index contributed by atoms with van der Waals surface area (Å²) in [6.45, 7) is 5.51. The molecule has 2 aliphatic heterocycles. The first kappa shape index (κ1) is 23.1. The highest BCUT2D eigenvalue weighted by atomic mass is 19.1. The van der Waals surface area contributed by atoms with E-state index in [1.165, 1.54) is 30.4 Å². The lowest BCUT2D eigenvalue weighted by molar-refractivity contribution is -0.138. The van der Waals surface area contributed by atoms with Gasteiger partial charge in [0.05, 0.1) is 29.7 Å². The monoisotopic (exact) mass is 492 g/mol. The second kappa shape index (κ2) is 8.09. The summed E-state index contributed by atoms with van der Waals surface area (Å²) >= 11 is 0. The molecule has 36 heavy (non-hydrogen) atoms. The van der Waals surface area contributed by atoms with Crippen molar-refractivity contribution >= 4 is 17.4 Å². The van der Waals surface area contributed by atoms with Gasteiger partial charge in [-0.15, -0.1) is 0 Å². The molecule has 7 nitrogen and oxygen atoms in total. The molecule has 0 radical (unpaired) electrons. The van der Waals surface area contributed by atoms with Gasteiger partial charge in [0.1, 0.15) is 23.9 Å². The van der Waals surface area contributed by atoms with Crippen molar-refractivity contribution in [2.45, 2.75) is 44.1 Å². The van der Waals surface area contributed by atoms with Gasteiger partial charge in [-0.2, -0.15) is 10.2 Å². The predicted molar refractivity (Wildman–Crippen MR) is 128 cm³/mol. The number of hydrogen-bond acceptors (Lipinski definition) is 6. The molecule has 186 valence electrons. The van der Waals surface area contributed by atoms with Crippen LogP contribution in [0.3, 0.4) is 0 Å². The van der Waals surface area contributed by atoms with Crippen molar-refractivity contribution < 1.29 is 23.1 Å². The number of dihydropyridines is 1. The lowest BCUT2D eigenvalue weighted by atomic mass is 9.64. The second-order valence-electron chi connectivity index (χ2n) is 10.5. The zero-order chi connectivity index (χ0) is 25.2. The lowest BCUT2D eigenvalue weighted by Crippen LogP contribution is -2.58. The Morgan fingerprint density at radius 3 is 2.67 bits per heavy atom. The number of nitrogens with zero attached hydrogens (tertiary/aromatic N) is 4. The third-order valence-electron chi connectivity index (χ3n) is 8.64. The van der Waals surface area contributed by atoms with Gasteiger partial charge in [0, 0.05) is 18.5 Å². The number of hydrogen-bond donors (Lipinski definition) is 0. The van der Waals surface area contributed by atoms with Crippen LogP contribution in [0, 0.1) is 17.0 Å². The van der Waals surface area contributed by atoms with Gasteiger partial charge in [0.25, 0.3) is 5.91 Å². The zero-order valence-corrected chi connectivity index (χ0v) is 20.1. The van der Waals surface area contributed by atoms with Crippen molar-refractivity contribution in [3.8, 4) is 11.3 Å². The van der Waals surface area contributed by atoms with Crippen molar-refractivity contribution in [1.82, 2.24) is 15.1 Å². The molecule has 2 bridgehead atoms. The lowest BCUT2D eigenvalue weighted by Gasteiger charge is -2.47. The molecule has 2 fully saturated rings. The highest BCUT2D eigenvalue weighted by Gasteiger charge is 2.67. The van der Waals surface area contributed by atoms with Crippen LogP contribution < -0.4 is 0 Å². The van der Waals surface area contributed by atoms with Crippen molar-refractivity contribution in [3.05, 3.63) is 59.3 Å². The van der Waals surface area contributed by atoms with E-state index in [1.807, 2.05) is 0 Å². The molecule has 2 aliphatic carbocycles. The summed E-state index contributed by atoms with van der Waals surface area (Å²) in [5, 5.41) is 8.85. The van der Waals surface area contributed by atoms with Gasteiger partial charge in [-0.3, -0.25) is 14.6 Å². The van der Waals surface area contributed by atoms with E-state index < -0.39 is 17.0 Å². The van der Waals surface area contributed by atoms with Crippen LogP contribution in [0.15, 0.2) is 41.4 Å². The number of benzene rings is 1. The number of aromatic nitrogens is 2. The first-order valence-electron chi connectivity index (χ1n) is 12.2. The summed E-state index contributed by atoms with van der Waals surface area (Å²) in [5.41, 5.74) is 1.27. The Labute approximate surface area is 207 Å². The van der Waals surface area contributed by atoms with E-state index in [-0.39, 0.29) is 52.6 Å². The number of halogens is 2. The van der Waals surface area contributed by atoms with Crippen LogP contribution in [-0.2, 0) is 19.7 Å². The molecular formula is C27H26F2N4O3. The molecule has 3 atom stereocenters. The largest absolute Gasteiger partial charge is 0.374 e. The molecular weight excluding hydrogens is 466 g/mol. The number of fused-ring (bicyclic) bond motifs is 5. The van der Waals surface area contributed by atoms with Crippen LogP contribution in [0.1, 0.15) is 43.9 Å². The molecule has 9 heteroatoms. The molecule has 1 saturated carbocycles. The Morgan fingerprint density at radius 1 is 1.17 bits per heavy atom. The highest BCUT2D eigenvalue weighted by molar-refractivity contribution is 6.44. The average molecular weight is 493 g/mol. The van der Waals surface area contributed by atoms with Gasteiger partial charge >= 0.3 is 0 Å². The first-order chi connectivity index (χ1) is 17.2. The highest BCUT2D eigenvalue weighted by Crippen LogP contribution is 2.69. The fraction of sp³-hybridized carbons (Fsp3) is 0.444. The summed E-state index contributed by atoms with van der Waals surface area (Å²) < 4.78 is 35.3. The van der Waals surface area contributed by atoms with E-state index in [4.69, 9.17) is 4.74 Å². The summed E-state index contributed by atoms with van der Waals surface area (Å²) in [5.74, 6) is -1.56. The van der Waals surface area contributed by atoms with Crippen molar-refractivity contribution in [2.24, 2.45) is 10.4 Å². The van der Waals surface area contributed by atoms with Crippen LogP contribution in [0.5, 0.6) is 0 Å². The Morgan fingerprint density at radius 2 is 1.94 bits per heavy atom. The minimum absolute atomic E-state index is 0.0160. The number of morpholine rings is 1. The maximum atomic E-state index is 14.5. The molecule has 3 heterocycles. The molecule has 2 aromatic rings. The summed E-state index contributed by atoms with van der Waals surface area (Å²) in [6, 6.07) is 5.54. The van der Waals surface area contributed by atoms with Crippen LogP contribution in [0.4, 0.5) is 8.78 Å². The Kier molecular flexibility index (Phi) is 5.19. The van der Waals surface area contributed by atoms with E-state index in [9.17, 15) is 18.4 Å². The first-order valence-corrected chi connectivity index (χ1v) is 12.2. The quantitative estimate of drug-likeness (QED) is 0.656. The number of carbonyl (C=O) groups excluding carboxylic acids is 2. The number of aliphatic imine (C=N–C) groups is 1. The van der Waals surface area contributed by atoms with Crippen LogP contribution in [0.2, 0.25) is 0 Å². The van der Waals surface area contributed by atoms with E-state index in [2.05, 4.69) is 29.0 Å². The number of ether oxygens (including phenoxy) is 1. The second-order valence-corrected chi connectivity index (χ2v) is 10.5. The zero-order valence-electron chi connectivity index (χ0n) is 20.1. The summed E-state index contributed by atoms with van der Waals surface area (Å²) in [6.07, 6.45) is 4.25. The van der Waals surface area contributed by atoms with Crippen LogP contribution in [-0.4, -0.2) is 64.8 Å². The SMILES string of the molecule is CC1(C)[C@H]2CC[C@]1([C@H]1CN(C(=O)C3=NCC(=O)C=C3)CCO1)c1nnc(-c3c(F)cccc3F)cc12. The van der Waals surface area contributed by atoms with Gasteiger partial charge in [-0.25, -0.2) is 8.78 Å². The normalized spacial score (nSPS) is 28.3. The minimum Gasteiger partial charge on any atom is -0.374 e. The van der Waals surface area contributed by atoms with Gasteiger partial charge < -0.3 is 9.64 Å². The van der Waals surface area contributed by atoms with E-state index in [0.717, 1.165) is 24.1 Å². The molecule has 1 amide bonds. The topological polar surface area (TPSA) is 84.8 Å². The van der Waals surface area contributed by atoms with E-state index in [0.29, 0.717) is 19.7 Å². The Hall–Kier alpha value is -3.33. The molecule has 1 saturated heterocycles. The van der Waals surface area contributed by atoms with Gasteiger partial charge in [0.15, 0.2) is 5.78 Å². The maximum Gasteiger partial charge on any atom is 0.272 e. The minimum atomic E-state index is -0.674. The van der Waals surface area contributed by atoms with Crippen molar-refractivity contribution in [2.75, 3.05) is 26.2 Å². The summed E-state index contributed by atoms with van der Waals surface area (Å²) in [7, 11) is 0. The molecule has 0 spiro atoms. The Bertz CT molecular complexity index is 1330. The third kappa shape index (κ3) is 3.14. The van der Waals surface area contributed by atoms with Gasteiger partial charge in [-0.05, 0) is 60.1 Å². The Balaban J connectivity index is 1.36. The number of ketones is 1. The van der Waals surface area contributed by atoms with Gasteiger partial charge in [0.2, 0.25) is 0 Å². The predicted octanol–water partition coefficient (Wildman–Crippen LogP) is 3.38. The number of rotatable bonds is 3. The van der Waals surface area contributed by atoms with E-state index >= 15 is 0 Å². The standard InChI is InChI=1S/C27H26F2N4O3/c1-26(2)17-8-9-27(26,22-14-33(10-11-36-22)25(35)20-7-6-15(34)13-30-20)24-16(17)12-21(31-32-24)23-18(28)4-3-5-19(23)29/h3-7,12,17,22H,8-11,13-14H2,1-2H3/t17-,22+,27-/m0/s1. The van der Waals surface area contributed by atoms with Gasteiger partial charge in [-0.1, -0.05) is 19.9 Å².